The van der Waals surface area contributed by atoms with Crippen molar-refractivity contribution in [3.05, 3.63) is 60.9 Å². The number of hydrogen-bond acceptors (Lipinski definition) is 5. The van der Waals surface area contributed by atoms with Crippen molar-refractivity contribution in [2.75, 3.05) is 18.9 Å². The highest BCUT2D eigenvalue weighted by molar-refractivity contribution is 7.92. The van der Waals surface area contributed by atoms with E-state index < -0.39 is 10.0 Å². The molecule has 1 heterocycles. The maximum absolute atomic E-state index is 12.6. The van der Waals surface area contributed by atoms with Gasteiger partial charge in [-0.1, -0.05) is 0 Å². The average Bonchev–Trinajstić information content (AvgIpc) is 3.16. The van der Waals surface area contributed by atoms with E-state index in [1.165, 1.54) is 26.4 Å². The average molecular weight is 359 g/mol. The van der Waals surface area contributed by atoms with Crippen molar-refractivity contribution in [3.8, 4) is 22.8 Å². The van der Waals surface area contributed by atoms with Gasteiger partial charge >= 0.3 is 0 Å². The molecule has 2 aromatic carbocycles. The fourth-order valence-corrected chi connectivity index (χ4v) is 3.40. The third-order valence-electron chi connectivity index (χ3n) is 3.62. The maximum Gasteiger partial charge on any atom is 0.262 e. The zero-order valence-electron chi connectivity index (χ0n) is 13.7. The van der Waals surface area contributed by atoms with Crippen LogP contribution in [-0.4, -0.2) is 22.6 Å². The molecular weight excluding hydrogens is 342 g/mol. The second-order valence-electron chi connectivity index (χ2n) is 5.17. The van der Waals surface area contributed by atoms with Gasteiger partial charge in [0.2, 0.25) is 0 Å². The van der Waals surface area contributed by atoms with Crippen LogP contribution in [0, 0.1) is 0 Å². The molecule has 130 valence electrons. The van der Waals surface area contributed by atoms with Gasteiger partial charge in [-0.05, 0) is 48.5 Å². The Labute approximate surface area is 146 Å². The molecule has 0 saturated heterocycles. The minimum Gasteiger partial charge on any atom is -0.497 e. The normalized spacial score (nSPS) is 11.1. The molecule has 3 rings (SSSR count). The van der Waals surface area contributed by atoms with Crippen LogP contribution >= 0.6 is 0 Å². The molecule has 3 aromatic rings. The largest absolute Gasteiger partial charge is 0.497 e. The summed E-state index contributed by atoms with van der Waals surface area (Å²) < 4.78 is 43.4. The van der Waals surface area contributed by atoms with Crippen LogP contribution in [0.5, 0.6) is 11.5 Å². The Balaban J connectivity index is 1.87. The second kappa shape index (κ2) is 6.90. The highest BCUT2D eigenvalue weighted by Crippen LogP contribution is 2.31. The fraction of sp³-hybridized carbons (Fsp3) is 0.111. The van der Waals surface area contributed by atoms with Crippen LogP contribution < -0.4 is 14.2 Å². The molecule has 7 heteroatoms. The molecule has 0 aliphatic heterocycles. The summed E-state index contributed by atoms with van der Waals surface area (Å²) >= 11 is 0. The number of rotatable bonds is 6. The first-order chi connectivity index (χ1) is 12.0. The van der Waals surface area contributed by atoms with Gasteiger partial charge in [0.1, 0.15) is 17.3 Å². The number of sulfonamides is 1. The van der Waals surface area contributed by atoms with Gasteiger partial charge in [0.05, 0.1) is 31.1 Å². The smallest absolute Gasteiger partial charge is 0.262 e. The highest BCUT2D eigenvalue weighted by atomic mass is 32.2. The van der Waals surface area contributed by atoms with Gasteiger partial charge in [-0.25, -0.2) is 8.42 Å². The molecule has 0 fully saturated rings. The minimum absolute atomic E-state index is 0.140. The molecule has 0 amide bonds. The third-order valence-corrected chi connectivity index (χ3v) is 5.00. The fourth-order valence-electron chi connectivity index (χ4n) is 2.33. The Morgan fingerprint density at radius 1 is 0.960 bits per heavy atom. The monoisotopic (exact) mass is 359 g/mol. The second-order valence-corrected chi connectivity index (χ2v) is 6.86. The Morgan fingerprint density at radius 3 is 2.32 bits per heavy atom. The molecule has 1 aromatic heterocycles. The van der Waals surface area contributed by atoms with Gasteiger partial charge < -0.3 is 13.9 Å². The zero-order valence-corrected chi connectivity index (χ0v) is 14.5. The van der Waals surface area contributed by atoms with E-state index in [1.54, 1.807) is 42.7 Å². The number of hydrogen-bond donors (Lipinski definition) is 1. The summed E-state index contributed by atoms with van der Waals surface area (Å²) in [5.41, 5.74) is 1.13. The van der Waals surface area contributed by atoms with E-state index in [0.717, 1.165) is 5.56 Å². The van der Waals surface area contributed by atoms with Crippen LogP contribution in [-0.2, 0) is 10.0 Å². The van der Waals surface area contributed by atoms with Crippen LogP contribution in [0.25, 0.3) is 11.3 Å². The molecule has 0 saturated carbocycles. The van der Waals surface area contributed by atoms with Gasteiger partial charge in [-0.2, -0.15) is 0 Å². The molecule has 1 N–H and O–H groups in total. The first kappa shape index (κ1) is 16.9. The standard InChI is InChI=1S/C18H17NO5S/c1-22-14-7-10-16(18(12-14)23-2)19-25(20,21)15-8-5-13(6-9-15)17-4-3-11-24-17/h3-12,19H,1-2H3. The summed E-state index contributed by atoms with van der Waals surface area (Å²) in [7, 11) is -0.762. The van der Waals surface area contributed by atoms with Crippen molar-refractivity contribution in [1.82, 2.24) is 0 Å². The first-order valence-electron chi connectivity index (χ1n) is 7.42. The van der Waals surface area contributed by atoms with Crippen molar-refractivity contribution in [3.63, 3.8) is 0 Å². The lowest BCUT2D eigenvalue weighted by Gasteiger charge is -2.13. The summed E-state index contributed by atoms with van der Waals surface area (Å²) in [5.74, 6) is 1.62. The first-order valence-corrected chi connectivity index (χ1v) is 8.90. The zero-order chi connectivity index (χ0) is 17.9. The summed E-state index contributed by atoms with van der Waals surface area (Å²) in [6, 6.07) is 14.9. The van der Waals surface area contributed by atoms with E-state index in [-0.39, 0.29) is 4.90 Å². The Bertz CT molecular complexity index is 948. The number of nitrogens with one attached hydrogen (secondary N) is 1. The third kappa shape index (κ3) is 3.61. The number of benzene rings is 2. The van der Waals surface area contributed by atoms with E-state index in [4.69, 9.17) is 13.9 Å². The highest BCUT2D eigenvalue weighted by Gasteiger charge is 2.17. The number of ether oxygens (including phenoxy) is 2. The van der Waals surface area contributed by atoms with Crippen LogP contribution in [0.3, 0.4) is 0 Å². The van der Waals surface area contributed by atoms with Crippen LogP contribution in [0.4, 0.5) is 5.69 Å². The van der Waals surface area contributed by atoms with Crippen LogP contribution in [0.2, 0.25) is 0 Å². The van der Waals surface area contributed by atoms with Crippen molar-refractivity contribution in [2.24, 2.45) is 0 Å². The molecule has 0 unspecified atom stereocenters. The van der Waals surface area contributed by atoms with Crippen LogP contribution in [0.15, 0.2) is 70.2 Å². The van der Waals surface area contributed by atoms with E-state index in [0.29, 0.717) is 22.9 Å². The predicted molar refractivity (Wildman–Crippen MR) is 94.5 cm³/mol. The summed E-state index contributed by atoms with van der Waals surface area (Å²) in [6.07, 6.45) is 1.57. The lowest BCUT2D eigenvalue weighted by atomic mass is 10.2. The lowest BCUT2D eigenvalue weighted by molar-refractivity contribution is 0.395. The van der Waals surface area contributed by atoms with Gasteiger partial charge in [-0.3, -0.25) is 4.72 Å². The van der Waals surface area contributed by atoms with E-state index in [9.17, 15) is 8.42 Å². The van der Waals surface area contributed by atoms with Crippen molar-refractivity contribution in [2.45, 2.75) is 4.90 Å². The van der Waals surface area contributed by atoms with E-state index >= 15 is 0 Å². The lowest BCUT2D eigenvalue weighted by Crippen LogP contribution is -2.13. The summed E-state index contributed by atoms with van der Waals surface area (Å²) in [6.45, 7) is 0. The number of anilines is 1. The summed E-state index contributed by atoms with van der Waals surface area (Å²) in [4.78, 5) is 0.140. The van der Waals surface area contributed by atoms with Gasteiger partial charge in [0.15, 0.2) is 0 Å². The van der Waals surface area contributed by atoms with E-state index in [1.807, 2.05) is 6.07 Å². The van der Waals surface area contributed by atoms with Gasteiger partial charge in [-0.15, -0.1) is 0 Å². The van der Waals surface area contributed by atoms with Crippen molar-refractivity contribution in [1.29, 1.82) is 0 Å². The van der Waals surface area contributed by atoms with Gasteiger partial charge in [0, 0.05) is 11.6 Å². The molecule has 0 spiro atoms. The predicted octanol–water partition coefficient (Wildman–Crippen LogP) is 3.76. The van der Waals surface area contributed by atoms with Gasteiger partial charge in [0.25, 0.3) is 10.0 Å². The molecule has 0 radical (unpaired) electrons. The molecule has 25 heavy (non-hydrogen) atoms. The Kier molecular flexibility index (Phi) is 4.67. The van der Waals surface area contributed by atoms with Crippen LogP contribution in [0.1, 0.15) is 0 Å². The molecule has 0 atom stereocenters. The Hall–Kier alpha value is -2.93. The quantitative estimate of drug-likeness (QED) is 0.725. The SMILES string of the molecule is COc1ccc(NS(=O)(=O)c2ccc(-c3ccco3)cc2)c(OC)c1. The number of furan rings is 1. The van der Waals surface area contributed by atoms with Crippen molar-refractivity contribution < 1.29 is 22.3 Å². The number of methoxy groups -OCH3 is 2. The molecule has 0 bridgehead atoms. The maximum atomic E-state index is 12.6. The van der Waals surface area contributed by atoms with E-state index in [2.05, 4.69) is 4.72 Å². The molecule has 6 nitrogen and oxygen atoms in total. The Morgan fingerprint density at radius 2 is 1.72 bits per heavy atom. The van der Waals surface area contributed by atoms with Crippen molar-refractivity contribution >= 4 is 15.7 Å². The molecular formula is C18H17NO5S. The molecule has 0 aliphatic carbocycles. The summed E-state index contributed by atoms with van der Waals surface area (Å²) in [5, 5.41) is 0. The minimum atomic E-state index is -3.75. The topological polar surface area (TPSA) is 77.8 Å². The molecule has 0 aliphatic rings.